The molecule has 0 saturated heterocycles. The molecule has 2 N–H and O–H groups in total. The summed E-state index contributed by atoms with van der Waals surface area (Å²) in [5, 5.41) is 10.5. The summed E-state index contributed by atoms with van der Waals surface area (Å²) in [4.78, 5) is 11.4. The Morgan fingerprint density at radius 1 is 1.24 bits per heavy atom. The molecule has 1 aliphatic rings. The van der Waals surface area contributed by atoms with Gasteiger partial charge in [0.25, 0.3) is 11.1 Å². The van der Waals surface area contributed by atoms with Crippen LogP contribution >= 0.6 is 12.2 Å². The fourth-order valence-corrected chi connectivity index (χ4v) is 3.13. The lowest BCUT2D eigenvalue weighted by atomic mass is 9.72. The first-order chi connectivity index (χ1) is 11.6. The van der Waals surface area contributed by atoms with Gasteiger partial charge >= 0.3 is 0 Å². The van der Waals surface area contributed by atoms with Crippen LogP contribution in [0.2, 0.25) is 0 Å². The second-order valence-electron chi connectivity index (χ2n) is 7.22. The average Bonchev–Trinajstić information content (AvgIpc) is 2.44. The van der Waals surface area contributed by atoms with Crippen molar-refractivity contribution in [2.24, 2.45) is 5.41 Å². The maximum atomic E-state index is 11.4. The van der Waals surface area contributed by atoms with Crippen LogP contribution in [0.1, 0.15) is 53.9 Å². The van der Waals surface area contributed by atoms with Crippen LogP contribution in [0.4, 0.5) is 0 Å². The summed E-state index contributed by atoms with van der Waals surface area (Å²) in [6.07, 6.45) is 15.2. The molecular weight excluding hydrogens is 330 g/mol. The molecule has 25 heavy (non-hydrogen) atoms. The summed E-state index contributed by atoms with van der Waals surface area (Å²) in [6.45, 7) is 10.7. The Labute approximate surface area is 156 Å². The van der Waals surface area contributed by atoms with Crippen LogP contribution < -0.4 is 5.32 Å². The van der Waals surface area contributed by atoms with Gasteiger partial charge in [0, 0.05) is 6.08 Å². The highest BCUT2D eigenvalue weighted by molar-refractivity contribution is 7.80. The van der Waals surface area contributed by atoms with Gasteiger partial charge in [-0.25, -0.2) is 0 Å². The minimum absolute atomic E-state index is 0.245. The lowest BCUT2D eigenvalue weighted by Gasteiger charge is -2.32. The van der Waals surface area contributed by atoms with Crippen LogP contribution in [0.5, 0.6) is 0 Å². The van der Waals surface area contributed by atoms with Crippen molar-refractivity contribution in [1.29, 1.82) is 0 Å². The molecule has 0 unspecified atom stereocenters. The molecule has 136 valence electrons. The second kappa shape index (κ2) is 9.52. The number of amides is 1. The van der Waals surface area contributed by atoms with Gasteiger partial charge in [-0.1, -0.05) is 55.4 Å². The first-order valence-corrected chi connectivity index (χ1v) is 8.98. The van der Waals surface area contributed by atoms with Crippen molar-refractivity contribution in [2.45, 2.75) is 53.9 Å². The van der Waals surface area contributed by atoms with Crippen LogP contribution in [-0.2, 0) is 4.79 Å². The van der Waals surface area contributed by atoms with E-state index in [1.165, 1.54) is 36.5 Å². The Bertz CT molecular complexity index is 676. The smallest absolute Gasteiger partial charge is 0.261 e. The molecule has 0 saturated carbocycles. The number of carbonyl (C=O) groups is 1. The van der Waals surface area contributed by atoms with Crippen molar-refractivity contribution in [2.75, 3.05) is 0 Å². The summed E-state index contributed by atoms with van der Waals surface area (Å²) >= 11 is 4.41. The summed E-state index contributed by atoms with van der Waals surface area (Å²) < 4.78 is 0. The molecule has 0 radical (unpaired) electrons. The van der Waals surface area contributed by atoms with Gasteiger partial charge in [0.2, 0.25) is 0 Å². The lowest BCUT2D eigenvalue weighted by Crippen LogP contribution is -2.26. The van der Waals surface area contributed by atoms with Crippen LogP contribution in [0.3, 0.4) is 0 Å². The zero-order valence-corrected chi connectivity index (χ0v) is 16.7. The molecule has 0 aromatic heterocycles. The van der Waals surface area contributed by atoms with E-state index >= 15 is 0 Å². The van der Waals surface area contributed by atoms with Gasteiger partial charge in [0.05, 0.1) is 0 Å². The van der Waals surface area contributed by atoms with Crippen LogP contribution in [-0.4, -0.2) is 16.2 Å². The molecule has 0 atom stereocenters. The molecule has 0 aliphatic heterocycles. The zero-order valence-electron chi connectivity index (χ0n) is 15.8. The summed E-state index contributed by atoms with van der Waals surface area (Å²) in [6, 6.07) is 0. The molecule has 4 heteroatoms. The Morgan fingerprint density at radius 3 is 2.52 bits per heavy atom. The first-order valence-electron chi connectivity index (χ1n) is 8.57. The molecule has 0 aromatic rings. The number of hydrogen-bond acceptors (Lipinski definition) is 2. The molecule has 1 amide bonds. The zero-order chi connectivity index (χ0) is 19.0. The van der Waals surface area contributed by atoms with Crippen molar-refractivity contribution >= 4 is 23.3 Å². The normalized spacial score (nSPS) is 18.9. The van der Waals surface area contributed by atoms with Gasteiger partial charge in [-0.3, -0.25) is 10.1 Å². The van der Waals surface area contributed by atoms with Crippen molar-refractivity contribution in [3.05, 3.63) is 58.7 Å². The van der Waals surface area contributed by atoms with Crippen molar-refractivity contribution in [3.63, 3.8) is 0 Å². The second-order valence-corrected chi connectivity index (χ2v) is 7.60. The quantitative estimate of drug-likeness (QED) is 0.388. The van der Waals surface area contributed by atoms with Gasteiger partial charge < -0.3 is 5.11 Å². The van der Waals surface area contributed by atoms with E-state index in [1.807, 2.05) is 25.2 Å². The van der Waals surface area contributed by atoms with E-state index in [-0.39, 0.29) is 5.41 Å². The van der Waals surface area contributed by atoms with Gasteiger partial charge in [-0.15, -0.1) is 0 Å². The van der Waals surface area contributed by atoms with Gasteiger partial charge in [-0.05, 0) is 68.8 Å². The fraction of sp³-hybridized carbons (Fsp3) is 0.429. The molecule has 1 aliphatic carbocycles. The largest absolute Gasteiger partial charge is 0.486 e. The van der Waals surface area contributed by atoms with E-state index in [9.17, 15) is 4.79 Å². The molecular formula is C21H29NO2S. The highest BCUT2D eigenvalue weighted by Gasteiger charge is 2.26. The van der Waals surface area contributed by atoms with E-state index in [2.05, 4.69) is 57.4 Å². The summed E-state index contributed by atoms with van der Waals surface area (Å²) in [5.74, 6) is -0.433. The number of hydrogen-bond donors (Lipinski definition) is 2. The average molecular weight is 360 g/mol. The number of carbonyl (C=O) groups excluding carboxylic acids is 1. The van der Waals surface area contributed by atoms with Gasteiger partial charge in [-0.2, -0.15) is 0 Å². The number of rotatable bonds is 5. The van der Waals surface area contributed by atoms with Crippen molar-refractivity contribution < 1.29 is 9.90 Å². The van der Waals surface area contributed by atoms with E-state index in [4.69, 9.17) is 5.11 Å². The Kier molecular flexibility index (Phi) is 8.04. The minimum Gasteiger partial charge on any atom is -0.486 e. The molecule has 1 rings (SSSR count). The van der Waals surface area contributed by atoms with Crippen LogP contribution in [0.25, 0.3) is 0 Å². The molecule has 0 aromatic carbocycles. The molecule has 0 bridgehead atoms. The predicted octanol–water partition coefficient (Wildman–Crippen LogP) is 5.48. The number of nitrogens with one attached hydrogen (secondary N) is 1. The molecule has 0 heterocycles. The van der Waals surface area contributed by atoms with Crippen LogP contribution in [0, 0.1) is 5.41 Å². The SMILES string of the molecule is CC(C=CC1=C(C)CCCC1(C)C)=CC=CC(C)=CC(=O)NC(O)=S. The number of aliphatic hydroxyl groups is 1. The Balaban J connectivity index is 2.74. The summed E-state index contributed by atoms with van der Waals surface area (Å²) in [5.41, 5.74) is 5.10. The van der Waals surface area contributed by atoms with Crippen molar-refractivity contribution in [3.8, 4) is 0 Å². The minimum atomic E-state index is -0.519. The van der Waals surface area contributed by atoms with E-state index < -0.39 is 11.1 Å². The topological polar surface area (TPSA) is 49.3 Å². The lowest BCUT2D eigenvalue weighted by molar-refractivity contribution is -0.115. The standard InChI is InChI=1S/C21H29NO2S/c1-15(8-6-9-16(2)14-19(23)22-20(24)25)11-12-18-17(3)10-7-13-21(18,4)5/h6,8-9,11-12,14H,7,10,13H2,1-5H3,(H2,22,23,24,25). The molecule has 0 spiro atoms. The van der Waals surface area contributed by atoms with Crippen LogP contribution in [0.15, 0.2) is 58.7 Å². The Morgan fingerprint density at radius 2 is 1.92 bits per heavy atom. The predicted molar refractivity (Wildman–Crippen MR) is 109 cm³/mol. The highest BCUT2D eigenvalue weighted by Crippen LogP contribution is 2.40. The third kappa shape index (κ3) is 7.65. The van der Waals surface area contributed by atoms with Crippen molar-refractivity contribution in [1.82, 2.24) is 5.32 Å². The van der Waals surface area contributed by atoms with Gasteiger partial charge in [0.1, 0.15) is 0 Å². The first kappa shape index (κ1) is 21.1. The van der Waals surface area contributed by atoms with E-state index in [1.54, 1.807) is 0 Å². The number of allylic oxidation sites excluding steroid dienone is 9. The molecule has 3 nitrogen and oxygen atoms in total. The summed E-state index contributed by atoms with van der Waals surface area (Å²) in [7, 11) is 0. The maximum absolute atomic E-state index is 11.4. The fourth-order valence-electron chi connectivity index (χ4n) is 3.03. The van der Waals surface area contributed by atoms with Gasteiger partial charge in [0.15, 0.2) is 0 Å². The highest BCUT2D eigenvalue weighted by atomic mass is 32.1. The Hall–Kier alpha value is -1.94. The van der Waals surface area contributed by atoms with E-state index in [0.29, 0.717) is 0 Å². The molecule has 0 fully saturated rings. The van der Waals surface area contributed by atoms with E-state index in [0.717, 1.165) is 11.1 Å². The monoisotopic (exact) mass is 359 g/mol. The third-order valence-corrected chi connectivity index (χ3v) is 4.46. The number of thiocarbonyl (C=S) groups is 1. The third-order valence-electron chi connectivity index (χ3n) is 4.36. The number of aliphatic hydroxyl groups excluding tert-OH is 1. The maximum Gasteiger partial charge on any atom is 0.261 e.